The Morgan fingerprint density at radius 2 is 1.83 bits per heavy atom. The van der Waals surface area contributed by atoms with Crippen molar-refractivity contribution in [3.63, 3.8) is 0 Å². The number of likely N-dealkylation sites (tertiary alicyclic amines) is 1. The number of nitrogens with zero attached hydrogens (tertiary/aromatic N) is 2. The summed E-state index contributed by atoms with van der Waals surface area (Å²) < 4.78 is 0. The van der Waals surface area contributed by atoms with Crippen molar-refractivity contribution in [2.24, 2.45) is 5.41 Å². The van der Waals surface area contributed by atoms with Gasteiger partial charge in [0, 0.05) is 35.8 Å². The zero-order valence-corrected chi connectivity index (χ0v) is 23.5. The van der Waals surface area contributed by atoms with Crippen LogP contribution in [0.25, 0.3) is 33.3 Å². The molecule has 5 aromatic rings. The predicted molar refractivity (Wildman–Crippen MR) is 161 cm³/mol. The summed E-state index contributed by atoms with van der Waals surface area (Å²) in [4.78, 5) is 34.9. The molecule has 4 heterocycles. The molecular weight excluding hydrogens is 534 g/mol. The summed E-state index contributed by atoms with van der Waals surface area (Å²) in [6, 6.07) is 19.3. The largest absolute Gasteiger partial charge is 0.507 e. The van der Waals surface area contributed by atoms with E-state index in [1.165, 1.54) is 0 Å². The highest BCUT2D eigenvalue weighted by molar-refractivity contribution is 7.07. The fraction of sp³-hybridized carbons (Fsp3) is 0.242. The predicted octanol–water partition coefficient (Wildman–Crippen LogP) is 6.70. The van der Waals surface area contributed by atoms with Crippen LogP contribution in [0.15, 0.2) is 83.8 Å². The molecule has 0 radical (unpaired) electrons. The number of thiophene rings is 1. The molecule has 0 aliphatic carbocycles. The lowest BCUT2D eigenvalue weighted by molar-refractivity contribution is -0.154. The first-order chi connectivity index (χ1) is 19.8. The van der Waals surface area contributed by atoms with Crippen LogP contribution in [-0.4, -0.2) is 50.0 Å². The summed E-state index contributed by atoms with van der Waals surface area (Å²) >= 11 is 1.57. The molecule has 1 fully saturated rings. The van der Waals surface area contributed by atoms with E-state index < -0.39 is 11.4 Å². The van der Waals surface area contributed by atoms with Crippen molar-refractivity contribution in [2.45, 2.75) is 32.1 Å². The van der Waals surface area contributed by atoms with Crippen LogP contribution >= 0.6 is 11.3 Å². The fourth-order valence-corrected chi connectivity index (χ4v) is 6.55. The number of piperidine rings is 1. The first-order valence-electron chi connectivity index (χ1n) is 13.7. The number of nitrogens with one attached hydrogen (secondary N) is 1. The molecule has 1 amide bonds. The van der Waals surface area contributed by atoms with Crippen molar-refractivity contribution in [2.75, 3.05) is 13.1 Å². The number of fused-ring (bicyclic) bond motifs is 1. The van der Waals surface area contributed by atoms with Crippen LogP contribution in [0.4, 0.5) is 0 Å². The van der Waals surface area contributed by atoms with Crippen LogP contribution in [-0.2, 0) is 16.0 Å². The maximum Gasteiger partial charge on any atom is 0.310 e. The minimum atomic E-state index is -0.830. The van der Waals surface area contributed by atoms with Crippen molar-refractivity contribution in [3.8, 4) is 28.1 Å². The highest BCUT2D eigenvalue weighted by Crippen LogP contribution is 2.40. The number of phenolic OH excluding ortho intramolecular Hbond substituents is 1. The van der Waals surface area contributed by atoms with E-state index in [9.17, 15) is 19.8 Å². The average molecular weight is 566 g/mol. The molecule has 208 valence electrons. The molecule has 1 unspecified atom stereocenters. The number of amides is 1. The minimum Gasteiger partial charge on any atom is -0.507 e. The molecule has 0 spiro atoms. The second-order valence-corrected chi connectivity index (χ2v) is 11.7. The number of carbonyl (C=O) groups is 2. The van der Waals surface area contributed by atoms with E-state index in [2.05, 4.69) is 9.97 Å². The van der Waals surface area contributed by atoms with Gasteiger partial charge >= 0.3 is 5.97 Å². The van der Waals surface area contributed by atoms with Gasteiger partial charge in [-0.25, -0.2) is 0 Å². The summed E-state index contributed by atoms with van der Waals surface area (Å²) in [6.07, 6.45) is 4.88. The molecule has 6 rings (SSSR count). The summed E-state index contributed by atoms with van der Waals surface area (Å²) in [5.41, 5.74) is 5.06. The summed E-state index contributed by atoms with van der Waals surface area (Å²) in [7, 11) is 0. The van der Waals surface area contributed by atoms with Gasteiger partial charge in [0.25, 0.3) is 0 Å². The first-order valence-corrected chi connectivity index (χ1v) is 14.7. The van der Waals surface area contributed by atoms with Crippen LogP contribution in [0.5, 0.6) is 5.75 Å². The number of hydrogen-bond donors (Lipinski definition) is 3. The van der Waals surface area contributed by atoms with Gasteiger partial charge < -0.3 is 20.1 Å². The number of phenols is 1. The molecule has 41 heavy (non-hydrogen) atoms. The smallest absolute Gasteiger partial charge is 0.310 e. The maximum absolute atomic E-state index is 13.4. The second-order valence-electron chi connectivity index (χ2n) is 10.9. The number of aromatic nitrogens is 2. The van der Waals surface area contributed by atoms with Gasteiger partial charge in [-0.3, -0.25) is 14.6 Å². The number of aromatic hydroxyl groups is 1. The van der Waals surface area contributed by atoms with Crippen molar-refractivity contribution < 1.29 is 19.8 Å². The molecule has 8 heteroatoms. The number of hydrogen-bond acceptors (Lipinski definition) is 5. The molecule has 0 bridgehead atoms. The van der Waals surface area contributed by atoms with Crippen LogP contribution in [0.2, 0.25) is 0 Å². The number of carboxylic acid groups (broad SMARTS) is 1. The van der Waals surface area contributed by atoms with Crippen LogP contribution < -0.4 is 0 Å². The fourth-order valence-electron chi connectivity index (χ4n) is 5.88. The van der Waals surface area contributed by atoms with E-state index in [4.69, 9.17) is 0 Å². The van der Waals surface area contributed by atoms with E-state index in [0.29, 0.717) is 43.5 Å². The first kappa shape index (κ1) is 26.8. The number of aliphatic carboxylic acids is 1. The standard InChI is InChI=1S/C33H31N3O4S/c1-21(31(38)36-14-11-33(12-15-36,32(39)40)18-22-10-16-41-20-22)23-5-7-24(8-6-23)26-3-2-4-27(30(26)37)28-17-25-9-13-34-19-29(25)35-28/h2-10,13,16-17,19-21,35,37H,11-12,14-15,18H2,1H3,(H,39,40). The lowest BCUT2D eigenvalue weighted by Crippen LogP contribution is -2.48. The van der Waals surface area contributed by atoms with Gasteiger partial charge in [0.1, 0.15) is 5.75 Å². The number of aromatic amines is 1. The van der Waals surface area contributed by atoms with Gasteiger partial charge in [0.05, 0.1) is 28.7 Å². The zero-order valence-electron chi connectivity index (χ0n) is 22.7. The van der Waals surface area contributed by atoms with Gasteiger partial charge in [-0.15, -0.1) is 0 Å². The Kier molecular flexibility index (Phi) is 7.09. The lowest BCUT2D eigenvalue weighted by Gasteiger charge is -2.39. The number of para-hydroxylation sites is 1. The van der Waals surface area contributed by atoms with E-state index in [1.54, 1.807) is 28.6 Å². The quantitative estimate of drug-likeness (QED) is 0.204. The molecule has 3 N–H and O–H groups in total. The molecule has 1 aliphatic rings. The molecule has 7 nitrogen and oxygen atoms in total. The highest BCUT2D eigenvalue weighted by atomic mass is 32.1. The zero-order chi connectivity index (χ0) is 28.6. The summed E-state index contributed by atoms with van der Waals surface area (Å²) in [5, 5.41) is 26.2. The molecule has 1 saturated heterocycles. The van der Waals surface area contributed by atoms with Crippen molar-refractivity contribution >= 4 is 34.1 Å². The number of H-pyrrole nitrogens is 1. The van der Waals surface area contributed by atoms with Crippen molar-refractivity contribution in [1.29, 1.82) is 0 Å². The van der Waals surface area contributed by atoms with Gasteiger partial charge in [0.2, 0.25) is 5.91 Å². The van der Waals surface area contributed by atoms with E-state index in [1.807, 2.05) is 78.3 Å². The molecule has 1 atom stereocenters. The third-order valence-corrected chi connectivity index (χ3v) is 9.18. The normalized spacial score (nSPS) is 15.6. The topological polar surface area (TPSA) is 107 Å². The Bertz CT molecular complexity index is 1670. The molecule has 3 aromatic heterocycles. The highest BCUT2D eigenvalue weighted by Gasteiger charge is 2.43. The number of carbonyl (C=O) groups excluding carboxylic acids is 1. The van der Waals surface area contributed by atoms with Crippen LogP contribution in [0.3, 0.4) is 0 Å². The van der Waals surface area contributed by atoms with Gasteiger partial charge in [0.15, 0.2) is 0 Å². The number of carboxylic acids is 1. The lowest BCUT2D eigenvalue weighted by atomic mass is 9.74. The average Bonchev–Trinajstić information content (AvgIpc) is 3.67. The number of rotatable bonds is 7. The van der Waals surface area contributed by atoms with Gasteiger partial charge in [-0.1, -0.05) is 36.4 Å². The Morgan fingerprint density at radius 3 is 2.51 bits per heavy atom. The minimum absolute atomic E-state index is 0.00502. The Labute approximate surface area is 242 Å². The number of pyridine rings is 1. The van der Waals surface area contributed by atoms with Crippen LogP contribution in [0, 0.1) is 5.41 Å². The van der Waals surface area contributed by atoms with Crippen molar-refractivity contribution in [1.82, 2.24) is 14.9 Å². The SMILES string of the molecule is CC(C(=O)N1CCC(Cc2ccsc2)(C(=O)O)CC1)c1ccc(-c2cccc(-c3cc4ccncc4[nH]3)c2O)cc1. The summed E-state index contributed by atoms with van der Waals surface area (Å²) in [5.74, 6) is -0.960. The molecule has 1 aliphatic heterocycles. The maximum atomic E-state index is 13.4. The van der Waals surface area contributed by atoms with Gasteiger partial charge in [-0.2, -0.15) is 11.3 Å². The van der Waals surface area contributed by atoms with Crippen LogP contribution in [0.1, 0.15) is 36.8 Å². The Hall–Kier alpha value is -4.43. The van der Waals surface area contributed by atoms with Crippen molar-refractivity contribution in [3.05, 3.63) is 94.9 Å². The second kappa shape index (κ2) is 10.9. The van der Waals surface area contributed by atoms with Gasteiger partial charge in [-0.05, 0) is 77.9 Å². The Balaban J connectivity index is 1.16. The van der Waals surface area contributed by atoms with E-state index in [0.717, 1.165) is 33.3 Å². The molecular formula is C33H31N3O4S. The molecule has 2 aromatic carbocycles. The Morgan fingerprint density at radius 1 is 1.07 bits per heavy atom. The number of benzene rings is 2. The molecule has 0 saturated carbocycles. The third kappa shape index (κ3) is 5.11. The monoisotopic (exact) mass is 565 g/mol. The van der Waals surface area contributed by atoms with E-state index in [-0.39, 0.29) is 17.6 Å². The third-order valence-electron chi connectivity index (χ3n) is 8.45. The summed E-state index contributed by atoms with van der Waals surface area (Å²) in [6.45, 7) is 2.76. The van der Waals surface area contributed by atoms with E-state index >= 15 is 0 Å².